The van der Waals surface area contributed by atoms with Gasteiger partial charge >= 0.3 is 21.3 Å². The Balaban J connectivity index is 2.17. The van der Waals surface area contributed by atoms with Gasteiger partial charge in [-0.1, -0.05) is 0 Å². The van der Waals surface area contributed by atoms with Gasteiger partial charge in [0.25, 0.3) is 0 Å². The van der Waals surface area contributed by atoms with Crippen LogP contribution in [0.5, 0.6) is 5.75 Å². The molecular weight excluding hydrogens is 387 g/mol. The van der Waals surface area contributed by atoms with Crippen LogP contribution in [0.2, 0.25) is 0 Å². The number of halogens is 3. The van der Waals surface area contributed by atoms with E-state index < -0.39 is 21.4 Å². The normalized spacial score (nSPS) is 17.6. The predicted octanol–water partition coefficient (Wildman–Crippen LogP) is 1.91. The minimum Gasteiger partial charge on any atom is -0.376 e. The van der Waals surface area contributed by atoms with Gasteiger partial charge in [-0.05, 0) is 50.5 Å². The molecule has 2 aromatic rings. The molecule has 0 radical (unpaired) electrons. The SMILES string of the molecule is CN1CCC(c2cc(OS(=O)(=O)C(F)(F)F)cc3c2n(C)c(=O)n3C)CC1. The van der Waals surface area contributed by atoms with Gasteiger partial charge in [-0.2, -0.15) is 21.6 Å². The van der Waals surface area contributed by atoms with Crippen LogP contribution in [0.15, 0.2) is 16.9 Å². The number of alkyl halides is 3. The average Bonchev–Trinajstić information content (AvgIpc) is 2.78. The molecule has 1 aromatic heterocycles. The summed E-state index contributed by atoms with van der Waals surface area (Å²) in [7, 11) is -0.766. The molecule has 0 N–H and O–H groups in total. The highest BCUT2D eigenvalue weighted by atomic mass is 32.2. The van der Waals surface area contributed by atoms with Crippen molar-refractivity contribution in [2.24, 2.45) is 14.1 Å². The van der Waals surface area contributed by atoms with E-state index in [1.165, 1.54) is 22.2 Å². The smallest absolute Gasteiger partial charge is 0.376 e. The van der Waals surface area contributed by atoms with Crippen molar-refractivity contribution in [3.8, 4) is 5.75 Å². The second kappa shape index (κ2) is 6.55. The quantitative estimate of drug-likeness (QED) is 0.574. The van der Waals surface area contributed by atoms with Crippen molar-refractivity contribution in [3.63, 3.8) is 0 Å². The third kappa shape index (κ3) is 3.45. The van der Waals surface area contributed by atoms with Gasteiger partial charge in [-0.3, -0.25) is 9.13 Å². The van der Waals surface area contributed by atoms with Gasteiger partial charge < -0.3 is 9.08 Å². The molecule has 2 heterocycles. The zero-order valence-corrected chi connectivity index (χ0v) is 15.9. The van der Waals surface area contributed by atoms with Crippen molar-refractivity contribution >= 4 is 21.2 Å². The molecule has 3 rings (SSSR count). The molecule has 1 aromatic carbocycles. The van der Waals surface area contributed by atoms with Gasteiger partial charge in [0.05, 0.1) is 11.0 Å². The second-order valence-corrected chi connectivity index (χ2v) is 8.38. The fourth-order valence-electron chi connectivity index (χ4n) is 3.51. The maximum atomic E-state index is 12.7. The van der Waals surface area contributed by atoms with Crippen molar-refractivity contribution in [3.05, 3.63) is 28.2 Å². The molecule has 0 unspecified atom stereocenters. The number of rotatable bonds is 3. The fraction of sp³-hybridized carbons (Fsp3) is 0.562. The topological polar surface area (TPSA) is 73.5 Å². The molecular formula is C16H20F3N3O4S. The Morgan fingerprint density at radius 1 is 1.07 bits per heavy atom. The first-order chi connectivity index (χ1) is 12.4. The standard InChI is InChI=1S/C16H20F3N3O4S/c1-20-6-4-10(5-7-20)12-8-11(26-27(24,25)16(17,18)19)9-13-14(12)22(3)15(23)21(13)2/h8-10H,4-7H2,1-3H3. The number of hydrogen-bond acceptors (Lipinski definition) is 5. The van der Waals surface area contributed by atoms with Gasteiger partial charge in [0.2, 0.25) is 0 Å². The van der Waals surface area contributed by atoms with Crippen molar-refractivity contribution in [2.45, 2.75) is 24.3 Å². The number of likely N-dealkylation sites (tertiary alicyclic amines) is 1. The lowest BCUT2D eigenvalue weighted by atomic mass is 9.88. The highest BCUT2D eigenvalue weighted by Crippen LogP contribution is 2.37. The van der Waals surface area contributed by atoms with Gasteiger partial charge in [0, 0.05) is 20.2 Å². The van der Waals surface area contributed by atoms with E-state index >= 15 is 0 Å². The Labute approximate surface area is 154 Å². The van der Waals surface area contributed by atoms with Crippen LogP contribution in [0, 0.1) is 0 Å². The molecule has 0 spiro atoms. The van der Waals surface area contributed by atoms with Crippen molar-refractivity contribution < 1.29 is 25.8 Å². The van der Waals surface area contributed by atoms with Crippen LogP contribution in [0.25, 0.3) is 11.0 Å². The van der Waals surface area contributed by atoms with E-state index in [4.69, 9.17) is 0 Å². The summed E-state index contributed by atoms with van der Waals surface area (Å²) in [5.74, 6) is -0.469. The van der Waals surface area contributed by atoms with Crippen LogP contribution in [0.1, 0.15) is 24.3 Å². The predicted molar refractivity (Wildman–Crippen MR) is 93.2 cm³/mol. The third-order valence-corrected chi connectivity index (χ3v) is 5.99. The Morgan fingerprint density at radius 2 is 1.67 bits per heavy atom. The van der Waals surface area contributed by atoms with Crippen molar-refractivity contribution in [2.75, 3.05) is 20.1 Å². The van der Waals surface area contributed by atoms with Crippen molar-refractivity contribution in [1.29, 1.82) is 0 Å². The van der Waals surface area contributed by atoms with E-state index in [9.17, 15) is 26.4 Å². The van der Waals surface area contributed by atoms with Crippen LogP contribution >= 0.6 is 0 Å². The molecule has 0 aliphatic carbocycles. The largest absolute Gasteiger partial charge is 0.534 e. The zero-order valence-electron chi connectivity index (χ0n) is 15.1. The minimum absolute atomic E-state index is 0.0196. The summed E-state index contributed by atoms with van der Waals surface area (Å²) in [6, 6.07) is 2.46. The number of aromatic nitrogens is 2. The Bertz CT molecular complexity index is 1030. The van der Waals surface area contributed by atoms with E-state index in [0.717, 1.165) is 32.0 Å². The average molecular weight is 407 g/mol. The van der Waals surface area contributed by atoms with E-state index in [1.807, 2.05) is 7.05 Å². The van der Waals surface area contributed by atoms with Gasteiger partial charge in [-0.15, -0.1) is 0 Å². The van der Waals surface area contributed by atoms with E-state index in [2.05, 4.69) is 9.08 Å². The summed E-state index contributed by atoms with van der Waals surface area (Å²) < 4.78 is 68.0. The zero-order chi connectivity index (χ0) is 20.1. The molecule has 1 fully saturated rings. The van der Waals surface area contributed by atoms with Crippen LogP contribution in [0.3, 0.4) is 0 Å². The number of nitrogens with zero attached hydrogens (tertiary/aromatic N) is 3. The Hall–Kier alpha value is -2.01. The summed E-state index contributed by atoms with van der Waals surface area (Å²) in [6.07, 6.45) is 1.48. The number of hydrogen-bond donors (Lipinski definition) is 0. The fourth-order valence-corrected chi connectivity index (χ4v) is 3.96. The van der Waals surface area contributed by atoms with Crippen LogP contribution in [-0.4, -0.2) is 48.1 Å². The number of fused-ring (bicyclic) bond motifs is 1. The van der Waals surface area contributed by atoms with Crippen LogP contribution in [-0.2, 0) is 24.2 Å². The summed E-state index contributed by atoms with van der Waals surface area (Å²) in [5.41, 5.74) is -4.36. The molecule has 27 heavy (non-hydrogen) atoms. The first-order valence-corrected chi connectivity index (χ1v) is 9.72. The molecule has 0 saturated carbocycles. The lowest BCUT2D eigenvalue weighted by Gasteiger charge is -2.29. The number of benzene rings is 1. The van der Waals surface area contributed by atoms with Gasteiger partial charge in [0.1, 0.15) is 5.75 Å². The van der Waals surface area contributed by atoms with E-state index in [-0.39, 0.29) is 11.6 Å². The van der Waals surface area contributed by atoms with E-state index in [1.54, 1.807) is 7.05 Å². The summed E-state index contributed by atoms with van der Waals surface area (Å²) in [4.78, 5) is 14.4. The molecule has 1 saturated heterocycles. The molecule has 0 atom stereocenters. The third-order valence-electron chi connectivity index (χ3n) is 5.01. The molecule has 7 nitrogen and oxygen atoms in total. The lowest BCUT2D eigenvalue weighted by Crippen LogP contribution is -2.30. The van der Waals surface area contributed by atoms with E-state index in [0.29, 0.717) is 16.6 Å². The number of imidazole rings is 1. The van der Waals surface area contributed by atoms with Crippen LogP contribution < -0.4 is 9.87 Å². The van der Waals surface area contributed by atoms with Crippen molar-refractivity contribution in [1.82, 2.24) is 14.0 Å². The number of aryl methyl sites for hydroxylation is 2. The molecule has 1 aliphatic rings. The highest BCUT2D eigenvalue weighted by molar-refractivity contribution is 7.88. The van der Waals surface area contributed by atoms with Gasteiger partial charge in [-0.25, -0.2) is 4.79 Å². The minimum atomic E-state index is -5.79. The molecule has 1 aliphatic heterocycles. The molecule has 150 valence electrons. The monoisotopic (exact) mass is 407 g/mol. The lowest BCUT2D eigenvalue weighted by molar-refractivity contribution is -0.0500. The first-order valence-electron chi connectivity index (χ1n) is 8.31. The van der Waals surface area contributed by atoms with Crippen LogP contribution in [0.4, 0.5) is 13.2 Å². The summed E-state index contributed by atoms with van der Waals surface area (Å²) >= 11 is 0. The Kier molecular flexibility index (Phi) is 4.79. The molecule has 0 bridgehead atoms. The highest BCUT2D eigenvalue weighted by Gasteiger charge is 2.48. The van der Waals surface area contributed by atoms with Gasteiger partial charge in [0.15, 0.2) is 0 Å². The summed E-state index contributed by atoms with van der Waals surface area (Å²) in [6.45, 7) is 1.58. The molecule has 0 amide bonds. The Morgan fingerprint density at radius 3 is 2.22 bits per heavy atom. The number of piperidine rings is 1. The maximum absolute atomic E-state index is 12.7. The maximum Gasteiger partial charge on any atom is 0.534 e. The first kappa shape index (κ1) is 19.7. The second-order valence-electron chi connectivity index (χ2n) is 6.84. The summed E-state index contributed by atoms with van der Waals surface area (Å²) in [5, 5.41) is 0. The molecule has 11 heteroatoms.